The predicted octanol–water partition coefficient (Wildman–Crippen LogP) is 2.03. The molecule has 1 aromatic heterocycles. The molecule has 1 aromatic rings. The van der Waals surface area contributed by atoms with Gasteiger partial charge in [-0.05, 0) is 32.9 Å². The third-order valence-electron chi connectivity index (χ3n) is 4.07. The van der Waals surface area contributed by atoms with Crippen molar-refractivity contribution in [2.24, 2.45) is 0 Å². The normalized spacial score (nSPS) is 21.8. The van der Waals surface area contributed by atoms with E-state index in [2.05, 4.69) is 43.0 Å². The second kappa shape index (κ2) is 5.49. The Balaban J connectivity index is 2.04. The number of nitrogens with zero attached hydrogens (tertiary/aromatic N) is 4. The minimum Gasteiger partial charge on any atom is -0.381 e. The summed E-state index contributed by atoms with van der Waals surface area (Å²) in [6.07, 6.45) is 5.10. The van der Waals surface area contributed by atoms with Gasteiger partial charge in [0.2, 0.25) is 0 Å². The minimum atomic E-state index is -0.00789. The number of likely N-dealkylation sites (tertiary alicyclic amines) is 1. The van der Waals surface area contributed by atoms with Gasteiger partial charge in [-0.15, -0.1) is 5.10 Å². The number of aromatic nitrogens is 3. The van der Waals surface area contributed by atoms with Gasteiger partial charge in [0, 0.05) is 18.0 Å². The van der Waals surface area contributed by atoms with Crippen molar-refractivity contribution in [2.75, 3.05) is 19.3 Å². The molecule has 0 spiro atoms. The molecule has 0 amide bonds. The number of piperidine rings is 1. The van der Waals surface area contributed by atoms with Gasteiger partial charge in [-0.1, -0.05) is 32.4 Å². The zero-order valence-electron chi connectivity index (χ0n) is 12.7. The first-order chi connectivity index (χ1) is 8.89. The molecule has 19 heavy (non-hydrogen) atoms. The number of hydrogen-bond acceptors (Lipinski definition) is 4. The second-order valence-electron chi connectivity index (χ2n) is 6.72. The van der Waals surface area contributed by atoms with E-state index in [1.165, 1.54) is 25.8 Å². The Morgan fingerprint density at radius 1 is 1.32 bits per heavy atom. The highest BCUT2D eigenvalue weighted by Crippen LogP contribution is 2.27. The monoisotopic (exact) mass is 265 g/mol. The fourth-order valence-electron chi connectivity index (χ4n) is 3.03. The van der Waals surface area contributed by atoms with Crippen LogP contribution in [0.2, 0.25) is 0 Å². The van der Waals surface area contributed by atoms with E-state index in [1.807, 2.05) is 4.68 Å². The fraction of sp³-hybridized carbons (Fsp3) is 0.857. The minimum absolute atomic E-state index is 0.00789. The summed E-state index contributed by atoms with van der Waals surface area (Å²) in [6.45, 7) is 8.60. The number of hydrogen-bond donors (Lipinski definition) is 1. The van der Waals surface area contributed by atoms with Crippen LogP contribution >= 0.6 is 0 Å². The third-order valence-corrected chi connectivity index (χ3v) is 4.07. The Morgan fingerprint density at radius 2 is 2.05 bits per heavy atom. The topological polar surface area (TPSA) is 60.0 Å². The molecule has 1 aliphatic rings. The van der Waals surface area contributed by atoms with E-state index < -0.39 is 0 Å². The van der Waals surface area contributed by atoms with E-state index >= 15 is 0 Å². The quantitative estimate of drug-likeness (QED) is 0.908. The summed E-state index contributed by atoms with van der Waals surface area (Å²) >= 11 is 0. The molecule has 5 nitrogen and oxygen atoms in total. The van der Waals surface area contributed by atoms with Crippen LogP contribution < -0.4 is 5.73 Å². The van der Waals surface area contributed by atoms with Crippen LogP contribution in [-0.4, -0.2) is 39.5 Å². The molecule has 2 N–H and O–H groups in total. The van der Waals surface area contributed by atoms with Crippen molar-refractivity contribution in [1.82, 2.24) is 19.9 Å². The summed E-state index contributed by atoms with van der Waals surface area (Å²) in [5.41, 5.74) is 7.01. The lowest BCUT2D eigenvalue weighted by molar-refractivity contribution is 0.168. The Morgan fingerprint density at radius 3 is 2.68 bits per heavy atom. The summed E-state index contributed by atoms with van der Waals surface area (Å²) in [6, 6.07) is 0.673. The lowest BCUT2D eigenvalue weighted by Crippen LogP contribution is -2.37. The van der Waals surface area contributed by atoms with Crippen LogP contribution in [0, 0.1) is 0 Å². The standard InChI is InChI=1S/C14H27N5/c1-14(2,3)12-13(15)16-17-19(12)10-8-11-7-5-6-9-18(11)4/h11H,5-10,15H2,1-4H3. The van der Waals surface area contributed by atoms with Crippen LogP contribution in [-0.2, 0) is 12.0 Å². The highest BCUT2D eigenvalue weighted by molar-refractivity contribution is 5.37. The largest absolute Gasteiger partial charge is 0.381 e. The van der Waals surface area contributed by atoms with Crippen LogP contribution in [0.25, 0.3) is 0 Å². The highest BCUT2D eigenvalue weighted by atomic mass is 15.4. The molecular weight excluding hydrogens is 238 g/mol. The first-order valence-corrected chi connectivity index (χ1v) is 7.29. The number of rotatable bonds is 3. The first-order valence-electron chi connectivity index (χ1n) is 7.29. The number of anilines is 1. The maximum atomic E-state index is 5.96. The van der Waals surface area contributed by atoms with Crippen molar-refractivity contribution in [1.29, 1.82) is 0 Å². The molecule has 2 rings (SSSR count). The second-order valence-corrected chi connectivity index (χ2v) is 6.72. The molecule has 1 unspecified atom stereocenters. The smallest absolute Gasteiger partial charge is 0.169 e. The van der Waals surface area contributed by atoms with E-state index in [0.29, 0.717) is 11.9 Å². The molecule has 2 heterocycles. The first kappa shape index (κ1) is 14.3. The van der Waals surface area contributed by atoms with Crippen LogP contribution in [0.1, 0.15) is 52.1 Å². The third kappa shape index (κ3) is 3.26. The summed E-state index contributed by atoms with van der Waals surface area (Å²) in [5, 5.41) is 8.26. The van der Waals surface area contributed by atoms with E-state index in [4.69, 9.17) is 5.73 Å². The van der Waals surface area contributed by atoms with E-state index in [1.54, 1.807) is 0 Å². The van der Waals surface area contributed by atoms with Gasteiger partial charge >= 0.3 is 0 Å². The zero-order valence-corrected chi connectivity index (χ0v) is 12.7. The van der Waals surface area contributed by atoms with Crippen LogP contribution in [0.3, 0.4) is 0 Å². The lowest BCUT2D eigenvalue weighted by atomic mass is 9.91. The van der Waals surface area contributed by atoms with Crippen molar-refractivity contribution in [3.63, 3.8) is 0 Å². The van der Waals surface area contributed by atoms with Gasteiger partial charge in [-0.25, -0.2) is 4.68 Å². The maximum absolute atomic E-state index is 5.96. The Bertz CT molecular complexity index is 418. The lowest BCUT2D eigenvalue weighted by Gasteiger charge is -2.32. The zero-order chi connectivity index (χ0) is 14.0. The number of nitrogen functional groups attached to an aromatic ring is 1. The van der Waals surface area contributed by atoms with Crippen LogP contribution in [0.15, 0.2) is 0 Å². The summed E-state index contributed by atoms with van der Waals surface area (Å²) in [5.74, 6) is 0.574. The molecule has 1 saturated heterocycles. The van der Waals surface area contributed by atoms with Crippen LogP contribution in [0.5, 0.6) is 0 Å². The average Bonchev–Trinajstić information content (AvgIpc) is 2.69. The predicted molar refractivity (Wildman–Crippen MR) is 78.0 cm³/mol. The van der Waals surface area contributed by atoms with Crippen molar-refractivity contribution < 1.29 is 0 Å². The van der Waals surface area contributed by atoms with Gasteiger partial charge in [0.25, 0.3) is 0 Å². The molecule has 0 aliphatic carbocycles. The van der Waals surface area contributed by atoms with Crippen molar-refractivity contribution >= 4 is 5.82 Å². The summed E-state index contributed by atoms with van der Waals surface area (Å²) < 4.78 is 2.00. The Hall–Kier alpha value is -1.10. The van der Waals surface area contributed by atoms with Crippen molar-refractivity contribution in [2.45, 2.75) is 64.5 Å². The van der Waals surface area contributed by atoms with Gasteiger partial charge in [0.15, 0.2) is 5.82 Å². The molecular formula is C14H27N5. The van der Waals surface area contributed by atoms with E-state index in [-0.39, 0.29) is 5.41 Å². The average molecular weight is 265 g/mol. The summed E-state index contributed by atoms with van der Waals surface area (Å²) in [4.78, 5) is 2.47. The van der Waals surface area contributed by atoms with Crippen LogP contribution in [0.4, 0.5) is 5.82 Å². The molecule has 0 radical (unpaired) electrons. The molecule has 0 bridgehead atoms. The molecule has 5 heteroatoms. The number of aryl methyl sites for hydroxylation is 1. The molecule has 1 aliphatic heterocycles. The van der Waals surface area contributed by atoms with E-state index in [9.17, 15) is 0 Å². The number of nitrogens with two attached hydrogens (primary N) is 1. The summed E-state index contributed by atoms with van der Waals surface area (Å²) in [7, 11) is 2.23. The molecule has 0 saturated carbocycles. The molecule has 0 aromatic carbocycles. The van der Waals surface area contributed by atoms with Gasteiger partial charge in [0.05, 0.1) is 5.69 Å². The molecule has 108 valence electrons. The Labute approximate surface area is 116 Å². The SMILES string of the molecule is CN1CCCCC1CCn1nnc(N)c1C(C)(C)C. The van der Waals surface area contributed by atoms with Gasteiger partial charge < -0.3 is 10.6 Å². The Kier molecular flexibility index (Phi) is 4.13. The molecule has 1 atom stereocenters. The maximum Gasteiger partial charge on any atom is 0.169 e. The van der Waals surface area contributed by atoms with Gasteiger partial charge in [0.1, 0.15) is 0 Å². The van der Waals surface area contributed by atoms with Crippen molar-refractivity contribution in [3.8, 4) is 0 Å². The van der Waals surface area contributed by atoms with Crippen molar-refractivity contribution in [3.05, 3.63) is 5.69 Å². The highest BCUT2D eigenvalue weighted by Gasteiger charge is 2.25. The molecule has 1 fully saturated rings. The fourth-order valence-corrected chi connectivity index (χ4v) is 3.03. The van der Waals surface area contributed by atoms with E-state index in [0.717, 1.165) is 18.7 Å². The van der Waals surface area contributed by atoms with Gasteiger partial charge in [-0.2, -0.15) is 0 Å². The van der Waals surface area contributed by atoms with Gasteiger partial charge in [-0.3, -0.25) is 0 Å².